The molecule has 0 bridgehead atoms. The van der Waals surface area contributed by atoms with Gasteiger partial charge in [0, 0.05) is 32.7 Å². The summed E-state index contributed by atoms with van der Waals surface area (Å²) < 4.78 is 0. The van der Waals surface area contributed by atoms with Gasteiger partial charge in [0.25, 0.3) is 0 Å². The summed E-state index contributed by atoms with van der Waals surface area (Å²) in [4.78, 5) is 0. The molecule has 0 aromatic rings. The maximum atomic E-state index is 2.39. The fraction of sp³-hybridized carbons (Fsp3) is 0.882. The first kappa shape index (κ1) is 24.1. The Balaban J connectivity index is -0.000000229. The topological polar surface area (TPSA) is 0 Å². The van der Waals surface area contributed by atoms with Crippen LogP contribution in [0.3, 0.4) is 0 Å². The minimum atomic E-state index is 0. The van der Waals surface area contributed by atoms with Crippen molar-refractivity contribution >= 4 is 0 Å². The van der Waals surface area contributed by atoms with Crippen molar-refractivity contribution in [1.29, 1.82) is 0 Å². The predicted octanol–water partition coefficient (Wildman–Crippen LogP) is 6.46. The van der Waals surface area contributed by atoms with E-state index < -0.39 is 0 Å². The summed E-state index contributed by atoms with van der Waals surface area (Å²) in [6.07, 6.45) is 14.2. The third kappa shape index (κ3) is 11.0. The van der Waals surface area contributed by atoms with Crippen LogP contribution in [0.25, 0.3) is 0 Å². The molecule has 0 amide bonds. The molecule has 0 nitrogen and oxygen atoms in total. The molecule has 0 atom stereocenters. The van der Waals surface area contributed by atoms with Gasteiger partial charge in [0.05, 0.1) is 0 Å². The van der Waals surface area contributed by atoms with E-state index in [1.807, 2.05) is 0 Å². The molecular formula is C17H36Y-2. The van der Waals surface area contributed by atoms with E-state index in [2.05, 4.69) is 47.5 Å². The first-order valence-electron chi connectivity index (χ1n) is 7.17. The molecular weight excluding hydrogens is 293 g/mol. The van der Waals surface area contributed by atoms with Crippen LogP contribution in [0.15, 0.2) is 0 Å². The maximum absolute atomic E-state index is 2.39. The molecule has 0 aromatic carbocycles. The van der Waals surface area contributed by atoms with E-state index in [0.717, 1.165) is 11.3 Å². The van der Waals surface area contributed by atoms with Crippen LogP contribution < -0.4 is 0 Å². The Morgan fingerprint density at radius 2 is 1.50 bits per heavy atom. The van der Waals surface area contributed by atoms with Crippen molar-refractivity contribution in [2.75, 3.05) is 0 Å². The van der Waals surface area contributed by atoms with Crippen molar-refractivity contribution in [2.24, 2.45) is 11.3 Å². The van der Waals surface area contributed by atoms with Gasteiger partial charge in [-0.15, -0.1) is 0 Å². The molecule has 0 heterocycles. The molecule has 1 fully saturated rings. The second-order valence-electron chi connectivity index (χ2n) is 5.58. The van der Waals surface area contributed by atoms with Gasteiger partial charge in [-0.1, -0.05) is 53.4 Å². The molecule has 0 saturated heterocycles. The molecule has 0 unspecified atom stereocenters. The molecule has 0 spiro atoms. The van der Waals surface area contributed by atoms with Gasteiger partial charge < -0.3 is 12.8 Å². The Bertz CT molecular complexity index is 138. The van der Waals surface area contributed by atoms with Crippen molar-refractivity contribution in [3.8, 4) is 0 Å². The Morgan fingerprint density at radius 1 is 1.06 bits per heavy atom. The van der Waals surface area contributed by atoms with Gasteiger partial charge in [-0.05, 0) is 18.3 Å². The van der Waals surface area contributed by atoms with Crippen LogP contribution in [0.1, 0.15) is 87.0 Å². The second kappa shape index (κ2) is 14.5. The predicted molar refractivity (Wildman–Crippen MR) is 81.9 cm³/mol. The van der Waals surface area contributed by atoms with Gasteiger partial charge in [-0.2, -0.15) is 26.7 Å². The maximum Gasteiger partial charge on any atom is 0 e. The van der Waals surface area contributed by atoms with Crippen LogP contribution in [0, 0.1) is 24.2 Å². The first-order chi connectivity index (χ1) is 7.61. The normalized spacial score (nSPS) is 15.7. The van der Waals surface area contributed by atoms with Gasteiger partial charge in [0.2, 0.25) is 0 Å². The van der Waals surface area contributed by atoms with Crippen molar-refractivity contribution < 1.29 is 32.7 Å². The molecule has 0 aromatic heterocycles. The van der Waals surface area contributed by atoms with E-state index >= 15 is 0 Å². The molecule has 1 rings (SSSR count). The second-order valence-corrected chi connectivity index (χ2v) is 5.58. The fourth-order valence-corrected chi connectivity index (χ4v) is 2.23. The number of hydrogen-bond donors (Lipinski definition) is 0. The SMILES string of the molecule is C.CCC1(C)CCC1.C[CH-]CC(CC)C[CH-]C.[Y]. The van der Waals surface area contributed by atoms with E-state index in [1.165, 1.54) is 44.9 Å². The van der Waals surface area contributed by atoms with Crippen LogP contribution in [0.2, 0.25) is 0 Å². The summed E-state index contributed by atoms with van der Waals surface area (Å²) in [5.41, 5.74) is 0.764. The molecule has 0 aliphatic heterocycles. The molecule has 1 radical (unpaired) electrons. The molecule has 1 saturated carbocycles. The Hall–Kier alpha value is 1.10. The third-order valence-electron chi connectivity index (χ3n) is 4.13. The summed E-state index contributed by atoms with van der Waals surface area (Å²) >= 11 is 0. The van der Waals surface area contributed by atoms with Crippen molar-refractivity contribution in [3.63, 3.8) is 0 Å². The monoisotopic (exact) mass is 329 g/mol. The molecule has 0 N–H and O–H groups in total. The van der Waals surface area contributed by atoms with E-state index in [4.69, 9.17) is 0 Å². The zero-order valence-electron chi connectivity index (χ0n) is 12.8. The molecule has 1 heteroatoms. The molecule has 1 aliphatic rings. The smallest absolute Gasteiger partial charge is 0 e. The van der Waals surface area contributed by atoms with Crippen molar-refractivity contribution in [1.82, 2.24) is 0 Å². The van der Waals surface area contributed by atoms with Crippen LogP contribution in [-0.4, -0.2) is 0 Å². The standard InChI is InChI=1S/C9H18.C7H14.CH4.Y/c1-4-7-9(6-3)8-5-2;1-3-7(2)5-4-6-7;;/h4-5,9H,6-8H2,1-3H3;3-6H2,1-2H3;1H4;/q-2;;;. The van der Waals surface area contributed by atoms with E-state index in [0.29, 0.717) is 0 Å². The summed E-state index contributed by atoms with van der Waals surface area (Å²) in [6, 6.07) is 0. The Morgan fingerprint density at radius 3 is 1.61 bits per heavy atom. The van der Waals surface area contributed by atoms with Crippen LogP contribution in [0.5, 0.6) is 0 Å². The van der Waals surface area contributed by atoms with Gasteiger partial charge in [-0.25, -0.2) is 0 Å². The van der Waals surface area contributed by atoms with E-state index in [9.17, 15) is 0 Å². The van der Waals surface area contributed by atoms with Crippen molar-refractivity contribution in [3.05, 3.63) is 12.8 Å². The van der Waals surface area contributed by atoms with Gasteiger partial charge in [0.1, 0.15) is 0 Å². The van der Waals surface area contributed by atoms with E-state index in [-0.39, 0.29) is 40.1 Å². The van der Waals surface area contributed by atoms with Gasteiger partial charge in [-0.3, -0.25) is 0 Å². The summed E-state index contributed by atoms with van der Waals surface area (Å²) in [6.45, 7) is 11.2. The Kier molecular flexibility index (Phi) is 19.5. The summed E-state index contributed by atoms with van der Waals surface area (Å²) in [5.74, 6) is 0.903. The summed E-state index contributed by atoms with van der Waals surface area (Å²) in [5, 5.41) is 0. The van der Waals surface area contributed by atoms with Gasteiger partial charge >= 0.3 is 0 Å². The molecule has 109 valence electrons. The Labute approximate surface area is 143 Å². The minimum Gasteiger partial charge on any atom is -0.331 e. The van der Waals surface area contributed by atoms with Crippen LogP contribution in [0.4, 0.5) is 0 Å². The van der Waals surface area contributed by atoms with Crippen LogP contribution in [-0.2, 0) is 32.7 Å². The largest absolute Gasteiger partial charge is 0.331 e. The van der Waals surface area contributed by atoms with E-state index in [1.54, 1.807) is 0 Å². The zero-order valence-corrected chi connectivity index (χ0v) is 15.6. The molecule has 1 aliphatic carbocycles. The fourth-order valence-electron chi connectivity index (χ4n) is 2.23. The van der Waals surface area contributed by atoms with Gasteiger partial charge in [0.15, 0.2) is 0 Å². The molecule has 18 heavy (non-hydrogen) atoms. The quantitative estimate of drug-likeness (QED) is 0.490. The third-order valence-corrected chi connectivity index (χ3v) is 4.13. The minimum absolute atomic E-state index is 0. The first-order valence-corrected chi connectivity index (χ1v) is 7.17. The number of rotatable bonds is 6. The van der Waals surface area contributed by atoms with Crippen molar-refractivity contribution in [2.45, 2.75) is 87.0 Å². The summed E-state index contributed by atoms with van der Waals surface area (Å²) in [7, 11) is 0. The average molecular weight is 329 g/mol. The zero-order chi connectivity index (χ0) is 12.4. The number of hydrogen-bond acceptors (Lipinski definition) is 0. The average Bonchev–Trinajstić information content (AvgIpc) is 2.26. The van der Waals surface area contributed by atoms with Crippen LogP contribution >= 0.6 is 0 Å².